The minimum absolute atomic E-state index is 0.209. The Kier molecular flexibility index (Phi) is 6.85. The van der Waals surface area contributed by atoms with Crippen LogP contribution in [0.5, 0.6) is 5.75 Å². The summed E-state index contributed by atoms with van der Waals surface area (Å²) < 4.78 is 41.4. The Bertz CT molecular complexity index is 393. The van der Waals surface area contributed by atoms with Gasteiger partial charge in [0.25, 0.3) is 0 Å². The number of halogens is 3. The van der Waals surface area contributed by atoms with Crippen LogP contribution in [0.15, 0.2) is 24.3 Å². The van der Waals surface area contributed by atoms with Crippen molar-refractivity contribution in [2.24, 2.45) is 0 Å². The number of hydrogen-bond donors (Lipinski definition) is 1. The average Bonchev–Trinajstić information content (AvgIpc) is 2.39. The summed E-state index contributed by atoms with van der Waals surface area (Å²) >= 11 is 0. The summed E-state index contributed by atoms with van der Waals surface area (Å²) in [5.74, 6) is 0.489. The van der Waals surface area contributed by atoms with E-state index in [1.807, 2.05) is 18.2 Å². The Balaban J connectivity index is 2.60. The molecule has 5 heteroatoms. The summed E-state index contributed by atoms with van der Waals surface area (Å²) in [6.07, 6.45) is -3.14. The topological polar surface area (TPSA) is 21.3 Å². The number of rotatable bonds is 8. The zero-order chi connectivity index (χ0) is 15.0. The molecule has 0 fully saturated rings. The van der Waals surface area contributed by atoms with Crippen LogP contribution in [0.25, 0.3) is 0 Å². The van der Waals surface area contributed by atoms with Crippen molar-refractivity contribution in [2.45, 2.75) is 45.3 Å². The highest BCUT2D eigenvalue weighted by atomic mass is 19.4. The van der Waals surface area contributed by atoms with Gasteiger partial charge in [0.15, 0.2) is 0 Å². The Morgan fingerprint density at radius 3 is 2.60 bits per heavy atom. The number of ether oxygens (including phenoxy) is 1. The second kappa shape index (κ2) is 8.15. The molecule has 1 rings (SSSR count). The van der Waals surface area contributed by atoms with Crippen LogP contribution < -0.4 is 10.1 Å². The van der Waals surface area contributed by atoms with E-state index in [2.05, 4.69) is 19.2 Å². The molecule has 20 heavy (non-hydrogen) atoms. The van der Waals surface area contributed by atoms with Gasteiger partial charge in [0, 0.05) is 6.04 Å². The molecule has 1 N–H and O–H groups in total. The molecule has 2 nitrogen and oxygen atoms in total. The first-order valence-corrected chi connectivity index (χ1v) is 6.99. The molecule has 0 aliphatic heterocycles. The van der Waals surface area contributed by atoms with Crippen LogP contribution in [-0.2, 0) is 0 Å². The second-order valence-corrected chi connectivity index (χ2v) is 4.70. The molecule has 0 amide bonds. The third-order valence-corrected chi connectivity index (χ3v) is 2.96. The Hall–Kier alpha value is -1.23. The quantitative estimate of drug-likeness (QED) is 0.762. The van der Waals surface area contributed by atoms with E-state index in [0.29, 0.717) is 5.75 Å². The van der Waals surface area contributed by atoms with E-state index in [1.165, 1.54) is 0 Å². The summed E-state index contributed by atoms with van der Waals surface area (Å²) in [6, 6.07) is 7.49. The van der Waals surface area contributed by atoms with Gasteiger partial charge in [0.1, 0.15) is 5.75 Å². The molecule has 1 atom stereocenters. The molecule has 0 heterocycles. The third kappa shape index (κ3) is 6.28. The molecule has 0 aliphatic rings. The van der Waals surface area contributed by atoms with Gasteiger partial charge in [-0.3, -0.25) is 0 Å². The van der Waals surface area contributed by atoms with Crippen molar-refractivity contribution in [1.82, 2.24) is 5.32 Å². The van der Waals surface area contributed by atoms with Gasteiger partial charge in [0.05, 0.1) is 13.0 Å². The Labute approximate surface area is 118 Å². The van der Waals surface area contributed by atoms with Crippen molar-refractivity contribution >= 4 is 0 Å². The van der Waals surface area contributed by atoms with Crippen molar-refractivity contribution in [2.75, 3.05) is 13.2 Å². The van der Waals surface area contributed by atoms with Gasteiger partial charge >= 0.3 is 6.18 Å². The number of nitrogens with one attached hydrogen (secondary N) is 1. The molecule has 0 aliphatic carbocycles. The fourth-order valence-electron chi connectivity index (χ4n) is 1.92. The fourth-order valence-corrected chi connectivity index (χ4v) is 1.92. The lowest BCUT2D eigenvalue weighted by Gasteiger charge is -2.18. The van der Waals surface area contributed by atoms with Gasteiger partial charge in [-0.05, 0) is 37.1 Å². The van der Waals surface area contributed by atoms with Crippen LogP contribution in [-0.4, -0.2) is 19.3 Å². The first kappa shape index (κ1) is 16.8. The second-order valence-electron chi connectivity index (χ2n) is 4.70. The summed E-state index contributed by atoms with van der Waals surface area (Å²) in [5, 5.41) is 3.41. The zero-order valence-electron chi connectivity index (χ0n) is 12.0. The minimum Gasteiger partial charge on any atom is -0.493 e. The van der Waals surface area contributed by atoms with Crippen molar-refractivity contribution in [3.8, 4) is 5.75 Å². The van der Waals surface area contributed by atoms with Crippen molar-refractivity contribution < 1.29 is 17.9 Å². The summed E-state index contributed by atoms with van der Waals surface area (Å²) in [5.41, 5.74) is 1.05. The normalized spacial score (nSPS) is 13.2. The van der Waals surface area contributed by atoms with E-state index in [4.69, 9.17) is 4.74 Å². The predicted molar refractivity (Wildman–Crippen MR) is 73.9 cm³/mol. The molecule has 0 aromatic heterocycles. The summed E-state index contributed by atoms with van der Waals surface area (Å²) in [6.45, 7) is 4.74. The molecule has 1 unspecified atom stereocenters. The molecule has 1 aromatic rings. The largest absolute Gasteiger partial charge is 0.493 e. The predicted octanol–water partition coefficient (Wildman–Crippen LogP) is 4.47. The zero-order valence-corrected chi connectivity index (χ0v) is 12.0. The molecule has 0 saturated carbocycles. The summed E-state index contributed by atoms with van der Waals surface area (Å²) in [4.78, 5) is 0. The van der Waals surface area contributed by atoms with Crippen LogP contribution in [0, 0.1) is 0 Å². The first-order chi connectivity index (χ1) is 9.46. The maximum Gasteiger partial charge on any atom is 0.392 e. The van der Waals surface area contributed by atoms with Crippen LogP contribution in [0.4, 0.5) is 13.2 Å². The standard InChI is InChI=1S/C15H22F3NO/c1-3-9-19-14(4-2)12-6-5-7-13(11-12)20-10-8-15(16,17)18/h5-7,11,14,19H,3-4,8-10H2,1-2H3. The third-order valence-electron chi connectivity index (χ3n) is 2.96. The molecule has 0 bridgehead atoms. The molecule has 0 radical (unpaired) electrons. The molecular weight excluding hydrogens is 267 g/mol. The number of benzene rings is 1. The van der Waals surface area contributed by atoms with Gasteiger partial charge in [-0.2, -0.15) is 13.2 Å². The average molecular weight is 289 g/mol. The van der Waals surface area contributed by atoms with Gasteiger partial charge in [-0.15, -0.1) is 0 Å². The number of hydrogen-bond acceptors (Lipinski definition) is 2. The lowest BCUT2D eigenvalue weighted by atomic mass is 10.0. The Morgan fingerprint density at radius 2 is 2.00 bits per heavy atom. The van der Waals surface area contributed by atoms with E-state index in [1.54, 1.807) is 6.07 Å². The first-order valence-electron chi connectivity index (χ1n) is 6.99. The van der Waals surface area contributed by atoms with Crippen LogP contribution in [0.2, 0.25) is 0 Å². The molecule has 0 saturated heterocycles. The van der Waals surface area contributed by atoms with Crippen LogP contribution >= 0.6 is 0 Å². The molecule has 0 spiro atoms. The Morgan fingerprint density at radius 1 is 1.25 bits per heavy atom. The highest BCUT2D eigenvalue weighted by molar-refractivity contribution is 5.30. The number of alkyl halides is 3. The van der Waals surface area contributed by atoms with E-state index in [9.17, 15) is 13.2 Å². The highest BCUT2D eigenvalue weighted by Gasteiger charge is 2.26. The van der Waals surface area contributed by atoms with Gasteiger partial charge in [-0.25, -0.2) is 0 Å². The molecule has 114 valence electrons. The van der Waals surface area contributed by atoms with Gasteiger partial charge in [0.2, 0.25) is 0 Å². The van der Waals surface area contributed by atoms with Crippen LogP contribution in [0.3, 0.4) is 0 Å². The minimum atomic E-state index is -4.17. The van der Waals surface area contributed by atoms with Crippen molar-refractivity contribution in [3.63, 3.8) is 0 Å². The maximum atomic E-state index is 12.1. The lowest BCUT2D eigenvalue weighted by molar-refractivity contribution is -0.139. The van der Waals surface area contributed by atoms with Gasteiger partial charge < -0.3 is 10.1 Å². The van der Waals surface area contributed by atoms with E-state index < -0.39 is 12.6 Å². The van der Waals surface area contributed by atoms with E-state index in [0.717, 1.165) is 24.9 Å². The molecule has 1 aromatic carbocycles. The van der Waals surface area contributed by atoms with Crippen molar-refractivity contribution in [3.05, 3.63) is 29.8 Å². The summed E-state index contributed by atoms with van der Waals surface area (Å²) in [7, 11) is 0. The highest BCUT2D eigenvalue weighted by Crippen LogP contribution is 2.23. The smallest absolute Gasteiger partial charge is 0.392 e. The maximum absolute atomic E-state index is 12.1. The van der Waals surface area contributed by atoms with E-state index in [-0.39, 0.29) is 12.6 Å². The molecular formula is C15H22F3NO. The van der Waals surface area contributed by atoms with Crippen LogP contribution in [0.1, 0.15) is 44.7 Å². The monoisotopic (exact) mass is 289 g/mol. The van der Waals surface area contributed by atoms with Crippen molar-refractivity contribution in [1.29, 1.82) is 0 Å². The SMILES string of the molecule is CCCNC(CC)c1cccc(OCCC(F)(F)F)c1. The van der Waals surface area contributed by atoms with Gasteiger partial charge in [-0.1, -0.05) is 26.0 Å². The lowest BCUT2D eigenvalue weighted by Crippen LogP contribution is -2.21. The van der Waals surface area contributed by atoms with E-state index >= 15 is 0 Å². The fraction of sp³-hybridized carbons (Fsp3) is 0.600.